The van der Waals surface area contributed by atoms with Crippen molar-refractivity contribution in [3.8, 4) is 0 Å². The lowest BCUT2D eigenvalue weighted by Crippen LogP contribution is -2.36. The molecule has 0 aromatic heterocycles. The van der Waals surface area contributed by atoms with Gasteiger partial charge in [-0.15, -0.1) is 0 Å². The molecule has 0 atom stereocenters. The number of aliphatic imine (C=N–C) groups is 1. The van der Waals surface area contributed by atoms with E-state index in [1.807, 2.05) is 25.9 Å². The second-order valence-electron chi connectivity index (χ2n) is 4.26. The van der Waals surface area contributed by atoms with Gasteiger partial charge in [-0.3, -0.25) is 0 Å². The van der Waals surface area contributed by atoms with Crippen molar-refractivity contribution in [3.63, 3.8) is 0 Å². The van der Waals surface area contributed by atoms with Gasteiger partial charge in [0.25, 0.3) is 0 Å². The number of guanidine groups is 1. The zero-order valence-corrected chi connectivity index (χ0v) is 11.3. The summed E-state index contributed by atoms with van der Waals surface area (Å²) in [6.07, 6.45) is -4.29. The van der Waals surface area contributed by atoms with E-state index < -0.39 is 11.7 Å². The molecule has 0 aliphatic rings. The fraction of sp³-hybridized carbons (Fsp3) is 0.462. The first-order valence-electron chi connectivity index (χ1n) is 5.96. The Hall–Kier alpha value is -1.72. The topological polar surface area (TPSA) is 27.6 Å². The minimum atomic E-state index is -4.29. The van der Waals surface area contributed by atoms with Crippen LogP contribution in [-0.2, 0) is 12.7 Å². The van der Waals surface area contributed by atoms with Gasteiger partial charge in [-0.25, -0.2) is 4.99 Å². The van der Waals surface area contributed by atoms with Gasteiger partial charge in [-0.2, -0.15) is 13.2 Å². The summed E-state index contributed by atoms with van der Waals surface area (Å²) < 4.78 is 37.2. The fourth-order valence-corrected chi connectivity index (χ4v) is 1.48. The summed E-state index contributed by atoms with van der Waals surface area (Å²) in [6, 6.07) is 5.05. The first kappa shape index (κ1) is 15.3. The van der Waals surface area contributed by atoms with Crippen LogP contribution in [0.5, 0.6) is 0 Å². The van der Waals surface area contributed by atoms with Crippen molar-refractivity contribution in [2.75, 3.05) is 20.6 Å². The van der Waals surface area contributed by atoms with Crippen LogP contribution < -0.4 is 5.32 Å². The van der Waals surface area contributed by atoms with E-state index in [1.165, 1.54) is 12.1 Å². The van der Waals surface area contributed by atoms with E-state index in [-0.39, 0.29) is 0 Å². The highest BCUT2D eigenvalue weighted by molar-refractivity contribution is 5.79. The Kier molecular flexibility index (Phi) is 5.20. The lowest BCUT2D eigenvalue weighted by molar-refractivity contribution is -0.137. The quantitative estimate of drug-likeness (QED) is 0.677. The molecule has 106 valence electrons. The molecule has 6 heteroatoms. The molecule has 0 saturated heterocycles. The summed E-state index contributed by atoms with van der Waals surface area (Å²) in [5.74, 6) is 0.711. The van der Waals surface area contributed by atoms with Crippen molar-refractivity contribution in [2.24, 2.45) is 4.99 Å². The van der Waals surface area contributed by atoms with E-state index in [9.17, 15) is 13.2 Å². The lowest BCUT2D eigenvalue weighted by Gasteiger charge is -2.16. The third-order valence-corrected chi connectivity index (χ3v) is 2.45. The zero-order chi connectivity index (χ0) is 14.5. The second kappa shape index (κ2) is 6.45. The van der Waals surface area contributed by atoms with Crippen molar-refractivity contribution in [1.29, 1.82) is 0 Å². The van der Waals surface area contributed by atoms with Crippen molar-refractivity contribution >= 4 is 5.96 Å². The average molecular weight is 273 g/mol. The molecule has 0 aliphatic carbocycles. The summed E-state index contributed by atoms with van der Waals surface area (Å²) in [5, 5.41) is 3.08. The number of benzene rings is 1. The van der Waals surface area contributed by atoms with Gasteiger partial charge in [-0.05, 0) is 24.6 Å². The van der Waals surface area contributed by atoms with Gasteiger partial charge in [0.2, 0.25) is 0 Å². The summed E-state index contributed by atoms with van der Waals surface area (Å²) in [7, 11) is 3.71. The van der Waals surface area contributed by atoms with Crippen LogP contribution >= 0.6 is 0 Å². The molecule has 0 saturated carbocycles. The third-order valence-electron chi connectivity index (χ3n) is 2.45. The monoisotopic (exact) mass is 273 g/mol. The van der Waals surface area contributed by atoms with Crippen LogP contribution in [0.1, 0.15) is 18.1 Å². The van der Waals surface area contributed by atoms with Crippen molar-refractivity contribution in [2.45, 2.75) is 19.6 Å². The Morgan fingerprint density at radius 1 is 1.21 bits per heavy atom. The minimum absolute atomic E-state index is 0.346. The zero-order valence-electron chi connectivity index (χ0n) is 11.3. The first-order valence-corrected chi connectivity index (χ1v) is 5.96. The van der Waals surface area contributed by atoms with E-state index in [0.717, 1.165) is 24.2 Å². The van der Waals surface area contributed by atoms with E-state index in [1.54, 1.807) is 0 Å². The number of halogens is 3. The summed E-state index contributed by atoms with van der Waals surface area (Å²) in [5.41, 5.74) is 0.102. The normalized spacial score (nSPS) is 12.4. The van der Waals surface area contributed by atoms with Crippen LogP contribution in [0.25, 0.3) is 0 Å². The fourth-order valence-electron chi connectivity index (χ4n) is 1.48. The molecule has 1 aromatic rings. The van der Waals surface area contributed by atoms with Crippen LogP contribution in [0.2, 0.25) is 0 Å². The predicted molar refractivity (Wildman–Crippen MR) is 69.9 cm³/mol. The van der Waals surface area contributed by atoms with Crippen LogP contribution in [0.15, 0.2) is 29.3 Å². The summed E-state index contributed by atoms with van der Waals surface area (Å²) in [4.78, 5) is 6.15. The predicted octanol–water partition coefficient (Wildman–Crippen LogP) is 2.73. The molecule has 1 aromatic carbocycles. The summed E-state index contributed by atoms with van der Waals surface area (Å²) in [6.45, 7) is 3.04. The number of hydrogen-bond acceptors (Lipinski definition) is 1. The van der Waals surface area contributed by atoms with Gasteiger partial charge < -0.3 is 10.2 Å². The first-order chi connectivity index (χ1) is 8.84. The molecule has 19 heavy (non-hydrogen) atoms. The maximum atomic E-state index is 12.4. The van der Waals surface area contributed by atoms with Gasteiger partial charge in [0.15, 0.2) is 5.96 Å². The highest BCUT2D eigenvalue weighted by atomic mass is 19.4. The van der Waals surface area contributed by atoms with Gasteiger partial charge >= 0.3 is 6.18 Å². The molecule has 0 fully saturated rings. The molecule has 1 N–H and O–H groups in total. The molecular weight excluding hydrogens is 255 g/mol. The number of hydrogen-bond donors (Lipinski definition) is 1. The molecule has 0 spiro atoms. The van der Waals surface area contributed by atoms with Crippen LogP contribution in [0.3, 0.4) is 0 Å². The molecule has 0 bridgehead atoms. The van der Waals surface area contributed by atoms with Gasteiger partial charge in [-0.1, -0.05) is 12.1 Å². The molecule has 0 radical (unpaired) electrons. The molecule has 1 rings (SSSR count). The van der Waals surface area contributed by atoms with E-state index in [4.69, 9.17) is 0 Å². The SMILES string of the molecule is CCNC(=NCc1ccc(C(F)(F)F)cc1)N(C)C. The van der Waals surface area contributed by atoms with E-state index >= 15 is 0 Å². The Balaban J connectivity index is 2.75. The number of rotatable bonds is 3. The lowest BCUT2D eigenvalue weighted by atomic mass is 10.1. The van der Waals surface area contributed by atoms with Crippen LogP contribution in [0, 0.1) is 0 Å². The Bertz CT molecular complexity index is 422. The Morgan fingerprint density at radius 2 is 1.79 bits per heavy atom. The Labute approximate surface area is 111 Å². The minimum Gasteiger partial charge on any atom is -0.357 e. The second-order valence-corrected chi connectivity index (χ2v) is 4.26. The molecule has 0 aliphatic heterocycles. The van der Waals surface area contributed by atoms with Crippen molar-refractivity contribution in [3.05, 3.63) is 35.4 Å². The maximum absolute atomic E-state index is 12.4. The average Bonchev–Trinajstić information content (AvgIpc) is 2.33. The number of nitrogens with one attached hydrogen (secondary N) is 1. The van der Waals surface area contributed by atoms with Gasteiger partial charge in [0.1, 0.15) is 0 Å². The van der Waals surface area contributed by atoms with Crippen LogP contribution in [0.4, 0.5) is 13.2 Å². The van der Waals surface area contributed by atoms with Crippen molar-refractivity contribution < 1.29 is 13.2 Å². The summed E-state index contributed by atoms with van der Waals surface area (Å²) >= 11 is 0. The molecule has 0 unspecified atom stereocenters. The van der Waals surface area contributed by atoms with Gasteiger partial charge in [0, 0.05) is 20.6 Å². The smallest absolute Gasteiger partial charge is 0.357 e. The standard InChI is InChI=1S/C13H18F3N3/c1-4-17-12(19(2)3)18-9-10-5-7-11(8-6-10)13(14,15)16/h5-8H,4,9H2,1-3H3,(H,17,18). The number of nitrogens with zero attached hydrogens (tertiary/aromatic N) is 2. The molecule has 0 heterocycles. The molecule has 0 amide bonds. The van der Waals surface area contributed by atoms with E-state index in [0.29, 0.717) is 12.5 Å². The molecular formula is C13H18F3N3. The van der Waals surface area contributed by atoms with E-state index in [2.05, 4.69) is 10.3 Å². The molecule has 3 nitrogen and oxygen atoms in total. The highest BCUT2D eigenvalue weighted by Crippen LogP contribution is 2.29. The third kappa shape index (κ3) is 4.81. The van der Waals surface area contributed by atoms with Crippen LogP contribution in [-0.4, -0.2) is 31.5 Å². The number of alkyl halides is 3. The maximum Gasteiger partial charge on any atom is 0.416 e. The van der Waals surface area contributed by atoms with Gasteiger partial charge in [0.05, 0.1) is 12.1 Å². The highest BCUT2D eigenvalue weighted by Gasteiger charge is 2.29. The van der Waals surface area contributed by atoms with Crippen molar-refractivity contribution in [1.82, 2.24) is 10.2 Å². The Morgan fingerprint density at radius 3 is 2.21 bits per heavy atom. The largest absolute Gasteiger partial charge is 0.416 e.